The van der Waals surface area contributed by atoms with E-state index in [0.717, 1.165) is 0 Å². The van der Waals surface area contributed by atoms with Gasteiger partial charge in [-0.05, 0) is 36.4 Å². The molecule has 40 heavy (non-hydrogen) atoms. The molecule has 0 saturated heterocycles. The Morgan fingerprint density at radius 3 is 2.48 bits per heavy atom. The Morgan fingerprint density at radius 1 is 1.05 bits per heavy atom. The molecule has 0 radical (unpaired) electrons. The van der Waals surface area contributed by atoms with E-state index < -0.39 is 17.5 Å². The van der Waals surface area contributed by atoms with Crippen molar-refractivity contribution in [1.29, 1.82) is 0 Å². The van der Waals surface area contributed by atoms with Crippen molar-refractivity contribution in [2.75, 3.05) is 24.8 Å². The van der Waals surface area contributed by atoms with Crippen LogP contribution in [-0.4, -0.2) is 45.6 Å². The minimum absolute atomic E-state index is 0.0175. The van der Waals surface area contributed by atoms with Crippen LogP contribution < -0.4 is 15.4 Å². The second-order valence-electron chi connectivity index (χ2n) is 8.50. The second kappa shape index (κ2) is 11.1. The van der Waals surface area contributed by atoms with Crippen molar-refractivity contribution >= 4 is 45.9 Å². The second-order valence-corrected chi connectivity index (χ2v) is 8.91. The van der Waals surface area contributed by atoms with Crippen LogP contribution in [0.5, 0.6) is 5.75 Å². The summed E-state index contributed by atoms with van der Waals surface area (Å²) in [5.74, 6) is -2.74. The van der Waals surface area contributed by atoms with Crippen LogP contribution in [0.25, 0.3) is 22.3 Å². The van der Waals surface area contributed by atoms with Gasteiger partial charge in [-0.15, -0.1) is 0 Å². The maximum absolute atomic E-state index is 15.1. The van der Waals surface area contributed by atoms with Crippen LogP contribution in [0.1, 0.15) is 10.4 Å². The van der Waals surface area contributed by atoms with Gasteiger partial charge in [-0.2, -0.15) is 9.49 Å². The Kier molecular flexibility index (Phi) is 7.39. The Morgan fingerprint density at radius 2 is 1.77 bits per heavy atom. The predicted molar refractivity (Wildman–Crippen MR) is 150 cm³/mol. The molecule has 3 aromatic carbocycles. The van der Waals surface area contributed by atoms with Crippen molar-refractivity contribution in [2.24, 2.45) is 4.99 Å². The molecule has 2 aromatic heterocycles. The topological polar surface area (TPSA) is 112 Å². The molecule has 202 valence electrons. The van der Waals surface area contributed by atoms with E-state index in [4.69, 9.17) is 22.1 Å². The number of nitrogens with zero attached hydrogens (tertiary/aromatic N) is 6. The first-order chi connectivity index (χ1) is 19.3. The molecule has 0 aliphatic heterocycles. The number of rotatable bonds is 6. The SMILES string of the molecule is C/N=C(/Cn1nc(-c2ccc(OC)c(F)c2F)c2c(N)ncnc21)N(C(=O)c1ccccc1Cl)c1ccccc1. The molecule has 2 N–H and O–H groups in total. The molecule has 0 saturated carbocycles. The van der Waals surface area contributed by atoms with E-state index in [1.807, 2.05) is 6.07 Å². The van der Waals surface area contributed by atoms with Crippen molar-refractivity contribution in [2.45, 2.75) is 6.54 Å². The number of aromatic nitrogens is 4. The minimum Gasteiger partial charge on any atom is -0.494 e. The third kappa shape index (κ3) is 4.71. The molecular weight excluding hydrogens is 540 g/mol. The zero-order valence-electron chi connectivity index (χ0n) is 21.3. The lowest BCUT2D eigenvalue weighted by Crippen LogP contribution is -2.39. The molecule has 2 heterocycles. The molecule has 0 unspecified atom stereocenters. The average molecular weight is 562 g/mol. The van der Waals surface area contributed by atoms with Crippen LogP contribution in [0, 0.1) is 11.6 Å². The lowest BCUT2D eigenvalue weighted by molar-refractivity contribution is 0.100. The van der Waals surface area contributed by atoms with E-state index in [2.05, 4.69) is 20.1 Å². The highest BCUT2D eigenvalue weighted by atomic mass is 35.5. The number of nitrogens with two attached hydrogens (primary N) is 1. The number of para-hydroxylation sites is 1. The summed E-state index contributed by atoms with van der Waals surface area (Å²) in [5.41, 5.74) is 7.04. The third-order valence-corrected chi connectivity index (χ3v) is 6.54. The van der Waals surface area contributed by atoms with Gasteiger partial charge in [-0.3, -0.25) is 14.7 Å². The number of carbonyl (C=O) groups is 1. The number of benzene rings is 3. The van der Waals surface area contributed by atoms with Gasteiger partial charge in [0.2, 0.25) is 5.82 Å². The van der Waals surface area contributed by atoms with Crippen molar-refractivity contribution in [3.05, 3.63) is 95.3 Å². The molecule has 0 bridgehead atoms. The fourth-order valence-corrected chi connectivity index (χ4v) is 4.51. The van der Waals surface area contributed by atoms with E-state index >= 15 is 4.39 Å². The Hall–Kier alpha value is -4.90. The Bertz CT molecular complexity index is 1760. The molecule has 12 heteroatoms. The van der Waals surface area contributed by atoms with Gasteiger partial charge >= 0.3 is 0 Å². The van der Waals surface area contributed by atoms with E-state index in [9.17, 15) is 9.18 Å². The van der Waals surface area contributed by atoms with Crippen LogP contribution in [-0.2, 0) is 6.54 Å². The van der Waals surface area contributed by atoms with Gasteiger partial charge in [0.1, 0.15) is 30.2 Å². The average Bonchev–Trinajstić information content (AvgIpc) is 3.34. The molecule has 9 nitrogen and oxygen atoms in total. The van der Waals surface area contributed by atoms with Crippen molar-refractivity contribution in [3.63, 3.8) is 0 Å². The molecule has 0 aliphatic rings. The van der Waals surface area contributed by atoms with E-state index in [1.54, 1.807) is 48.5 Å². The summed E-state index contributed by atoms with van der Waals surface area (Å²) < 4.78 is 36.1. The summed E-state index contributed by atoms with van der Waals surface area (Å²) in [6.07, 6.45) is 1.23. The highest BCUT2D eigenvalue weighted by molar-refractivity contribution is 6.36. The fraction of sp³-hybridized carbons (Fsp3) is 0.107. The number of amides is 1. The van der Waals surface area contributed by atoms with E-state index in [-0.39, 0.29) is 56.8 Å². The normalized spacial score (nSPS) is 11.6. The number of hydrogen-bond donors (Lipinski definition) is 1. The molecule has 0 atom stereocenters. The number of hydrogen-bond acceptors (Lipinski definition) is 7. The zero-order chi connectivity index (χ0) is 28.4. The first-order valence-corrected chi connectivity index (χ1v) is 12.3. The van der Waals surface area contributed by atoms with Gasteiger partial charge in [-0.1, -0.05) is 41.9 Å². The quantitative estimate of drug-likeness (QED) is 0.220. The van der Waals surface area contributed by atoms with Gasteiger partial charge in [0.05, 0.1) is 28.8 Å². The number of halogens is 3. The molecule has 0 spiro atoms. The van der Waals surface area contributed by atoms with Crippen LogP contribution in [0.3, 0.4) is 0 Å². The van der Waals surface area contributed by atoms with Crippen LogP contribution in [0.2, 0.25) is 5.02 Å². The van der Waals surface area contributed by atoms with Gasteiger partial charge in [0, 0.05) is 12.6 Å². The number of aliphatic imine (C=N–C) groups is 1. The smallest absolute Gasteiger partial charge is 0.265 e. The maximum Gasteiger partial charge on any atom is 0.265 e. The predicted octanol–water partition coefficient (Wildman–Crippen LogP) is 5.39. The van der Waals surface area contributed by atoms with Gasteiger partial charge in [-0.25, -0.2) is 19.0 Å². The summed E-state index contributed by atoms with van der Waals surface area (Å²) in [6.45, 7) is -0.0885. The lowest BCUT2D eigenvalue weighted by atomic mass is 10.1. The van der Waals surface area contributed by atoms with Crippen molar-refractivity contribution in [1.82, 2.24) is 19.7 Å². The summed E-state index contributed by atoms with van der Waals surface area (Å²) in [4.78, 5) is 27.9. The molecule has 0 aliphatic carbocycles. The first-order valence-electron chi connectivity index (χ1n) is 11.9. The van der Waals surface area contributed by atoms with Crippen LogP contribution in [0.15, 0.2) is 78.0 Å². The van der Waals surface area contributed by atoms with E-state index in [1.165, 1.54) is 42.2 Å². The number of carbonyl (C=O) groups excluding carboxylic acids is 1. The molecule has 5 rings (SSSR count). The van der Waals surface area contributed by atoms with Gasteiger partial charge in [0.25, 0.3) is 5.91 Å². The summed E-state index contributed by atoms with van der Waals surface area (Å²) in [6, 6.07) is 18.2. The monoisotopic (exact) mass is 561 g/mol. The standard InChI is InChI=1S/C28H22ClF2N7O2/c1-33-21(38(16-8-4-3-5-9-16)28(39)17-10-6-7-11-19(17)29)14-37-27-22(26(32)34-15-35-27)25(36-37)18-12-13-20(40-2)24(31)23(18)30/h3-13,15H,14H2,1-2H3,(H2,32,34,35)/b33-21-. The highest BCUT2D eigenvalue weighted by Crippen LogP contribution is 2.35. The number of anilines is 2. The largest absolute Gasteiger partial charge is 0.494 e. The van der Waals surface area contributed by atoms with Crippen molar-refractivity contribution in [3.8, 4) is 17.0 Å². The summed E-state index contributed by atoms with van der Waals surface area (Å²) >= 11 is 6.36. The molecule has 0 fully saturated rings. The maximum atomic E-state index is 15.1. The minimum atomic E-state index is -1.17. The number of ether oxygens (including phenoxy) is 1. The Labute approximate surface area is 232 Å². The fourth-order valence-electron chi connectivity index (χ4n) is 4.29. The molecule has 1 amide bonds. The number of fused-ring (bicyclic) bond motifs is 1. The lowest BCUT2D eigenvalue weighted by Gasteiger charge is -2.25. The van der Waals surface area contributed by atoms with E-state index in [0.29, 0.717) is 5.69 Å². The van der Waals surface area contributed by atoms with Crippen LogP contribution >= 0.6 is 11.6 Å². The third-order valence-electron chi connectivity index (χ3n) is 6.21. The number of methoxy groups -OCH3 is 1. The summed E-state index contributed by atoms with van der Waals surface area (Å²) in [7, 11) is 2.76. The highest BCUT2D eigenvalue weighted by Gasteiger charge is 2.28. The number of amidine groups is 1. The van der Waals surface area contributed by atoms with Crippen LogP contribution in [0.4, 0.5) is 20.3 Å². The molecule has 5 aromatic rings. The molecular formula is C28H22ClF2N7O2. The number of nitrogen functional groups attached to an aromatic ring is 1. The zero-order valence-corrected chi connectivity index (χ0v) is 22.1. The summed E-state index contributed by atoms with van der Waals surface area (Å²) in [5, 5.41) is 5.02. The van der Waals surface area contributed by atoms with Gasteiger partial charge < -0.3 is 10.5 Å². The first kappa shape index (κ1) is 26.7. The Balaban J connectivity index is 1.65. The van der Waals surface area contributed by atoms with Crippen molar-refractivity contribution < 1.29 is 18.3 Å². The van der Waals surface area contributed by atoms with Gasteiger partial charge in [0.15, 0.2) is 17.2 Å².